The van der Waals surface area contributed by atoms with Gasteiger partial charge in [-0.15, -0.1) is 0 Å². The minimum Gasteiger partial charge on any atom is -0.382 e. The zero-order valence-corrected chi connectivity index (χ0v) is 13.3. The third-order valence-corrected chi connectivity index (χ3v) is 3.80. The number of oxime groups is 1. The van der Waals surface area contributed by atoms with Crippen LogP contribution in [0.3, 0.4) is 0 Å². The number of hydrogen-bond acceptors (Lipinski definition) is 4. The Balaban J connectivity index is 1.56. The third kappa shape index (κ3) is 3.51. The molecule has 0 saturated carbocycles. The number of hydrogen-bond donors (Lipinski definition) is 1. The second-order valence-corrected chi connectivity index (χ2v) is 5.84. The summed E-state index contributed by atoms with van der Waals surface area (Å²) in [5.74, 6) is -0.169. The molecule has 1 aliphatic rings. The first kappa shape index (κ1) is 14.7. The van der Waals surface area contributed by atoms with Crippen LogP contribution in [0.1, 0.15) is 17.5 Å². The molecule has 2 heterocycles. The van der Waals surface area contributed by atoms with Crippen LogP contribution in [0, 0.1) is 0 Å². The highest BCUT2D eigenvalue weighted by atomic mass is 79.9. The molecule has 1 atom stereocenters. The fourth-order valence-corrected chi connectivity index (χ4v) is 2.56. The molecule has 1 amide bonds. The average molecular weight is 360 g/mol. The second kappa shape index (κ2) is 6.70. The largest absolute Gasteiger partial charge is 0.382 e. The zero-order chi connectivity index (χ0) is 15.4. The number of nitrogens with one attached hydrogen (secondary N) is 1. The Morgan fingerprint density at radius 1 is 1.36 bits per heavy atom. The van der Waals surface area contributed by atoms with E-state index in [0.29, 0.717) is 13.0 Å². The van der Waals surface area contributed by atoms with E-state index in [2.05, 4.69) is 31.4 Å². The molecule has 0 bridgehead atoms. The number of aromatic nitrogens is 1. The Kier molecular flexibility index (Phi) is 4.48. The topological polar surface area (TPSA) is 63.6 Å². The van der Waals surface area contributed by atoms with Crippen molar-refractivity contribution < 1.29 is 9.63 Å². The Labute approximate surface area is 136 Å². The van der Waals surface area contributed by atoms with Crippen LogP contribution in [0.2, 0.25) is 0 Å². The lowest BCUT2D eigenvalue weighted by Crippen LogP contribution is -2.34. The molecule has 0 unspecified atom stereocenters. The van der Waals surface area contributed by atoms with Gasteiger partial charge >= 0.3 is 0 Å². The minimum atomic E-state index is -0.578. The highest BCUT2D eigenvalue weighted by molar-refractivity contribution is 9.10. The van der Waals surface area contributed by atoms with Gasteiger partial charge in [0.15, 0.2) is 0 Å². The number of nitrogens with zero attached hydrogens (tertiary/aromatic N) is 2. The van der Waals surface area contributed by atoms with Crippen LogP contribution in [-0.4, -0.2) is 22.7 Å². The lowest BCUT2D eigenvalue weighted by molar-refractivity contribution is -0.131. The fraction of sp³-hybridized carbons (Fsp3) is 0.188. The summed E-state index contributed by atoms with van der Waals surface area (Å²) in [4.78, 5) is 21.4. The van der Waals surface area contributed by atoms with E-state index in [4.69, 9.17) is 4.84 Å². The first-order chi connectivity index (χ1) is 10.7. The summed E-state index contributed by atoms with van der Waals surface area (Å²) < 4.78 is 0.970. The summed E-state index contributed by atoms with van der Waals surface area (Å²) in [6.07, 6.45) is 3.31. The zero-order valence-electron chi connectivity index (χ0n) is 11.7. The molecular formula is C16H14BrN3O2. The van der Waals surface area contributed by atoms with Crippen molar-refractivity contribution in [3.8, 4) is 0 Å². The van der Waals surface area contributed by atoms with Crippen molar-refractivity contribution in [2.24, 2.45) is 5.16 Å². The maximum absolute atomic E-state index is 12.1. The summed E-state index contributed by atoms with van der Waals surface area (Å²) in [7, 11) is 0. The van der Waals surface area contributed by atoms with Crippen molar-refractivity contribution >= 4 is 27.5 Å². The molecule has 0 radical (unpaired) electrons. The van der Waals surface area contributed by atoms with Gasteiger partial charge in [-0.3, -0.25) is 9.78 Å². The monoisotopic (exact) mass is 359 g/mol. The quantitative estimate of drug-likeness (QED) is 0.912. The number of benzene rings is 1. The number of carbonyl (C=O) groups excluding carboxylic acids is 1. The molecule has 0 spiro atoms. The standard InChI is InChI=1S/C16H14BrN3O2/c17-13-5-1-4-12(7-13)14-8-15(22-20-14)16(21)19-10-11-3-2-6-18-9-11/h1-7,9,15H,8,10H2,(H,19,21)/t15-/m1/s1. The Hall–Kier alpha value is -2.21. The van der Waals surface area contributed by atoms with Crippen LogP contribution in [-0.2, 0) is 16.2 Å². The Morgan fingerprint density at radius 2 is 2.27 bits per heavy atom. The molecule has 5 nitrogen and oxygen atoms in total. The molecule has 0 aliphatic carbocycles. The van der Waals surface area contributed by atoms with Gasteiger partial charge in [-0.25, -0.2) is 0 Å². The number of halogens is 1. The SMILES string of the molecule is O=C(NCc1cccnc1)[C@H]1CC(c2cccc(Br)c2)=NO1. The summed E-state index contributed by atoms with van der Waals surface area (Å²) >= 11 is 3.42. The van der Waals surface area contributed by atoms with Gasteiger partial charge in [-0.2, -0.15) is 0 Å². The molecule has 0 fully saturated rings. The third-order valence-electron chi connectivity index (χ3n) is 3.31. The van der Waals surface area contributed by atoms with Gasteiger partial charge in [0.25, 0.3) is 5.91 Å². The van der Waals surface area contributed by atoms with Crippen LogP contribution in [0.25, 0.3) is 0 Å². The highest BCUT2D eigenvalue weighted by Gasteiger charge is 2.28. The predicted octanol–water partition coefficient (Wildman–Crippen LogP) is 2.65. The van der Waals surface area contributed by atoms with Gasteiger partial charge in [-0.1, -0.05) is 39.3 Å². The fourth-order valence-electron chi connectivity index (χ4n) is 2.16. The molecular weight excluding hydrogens is 346 g/mol. The molecule has 0 saturated heterocycles. The molecule has 6 heteroatoms. The number of amides is 1. The number of rotatable bonds is 4. The van der Waals surface area contributed by atoms with Gasteiger partial charge < -0.3 is 10.2 Å². The molecule has 1 aromatic carbocycles. The maximum atomic E-state index is 12.1. The van der Waals surface area contributed by atoms with Crippen molar-refractivity contribution in [2.45, 2.75) is 19.1 Å². The maximum Gasteiger partial charge on any atom is 0.264 e. The normalized spacial score (nSPS) is 16.8. The molecule has 1 aliphatic heterocycles. The number of pyridine rings is 1. The van der Waals surface area contributed by atoms with Crippen LogP contribution in [0.15, 0.2) is 58.4 Å². The van der Waals surface area contributed by atoms with Crippen molar-refractivity contribution in [1.82, 2.24) is 10.3 Å². The van der Waals surface area contributed by atoms with Gasteiger partial charge in [0.2, 0.25) is 6.10 Å². The molecule has 22 heavy (non-hydrogen) atoms. The molecule has 1 N–H and O–H groups in total. The molecule has 3 rings (SSSR count). The van der Waals surface area contributed by atoms with Crippen molar-refractivity contribution in [3.05, 3.63) is 64.4 Å². The van der Waals surface area contributed by atoms with Gasteiger partial charge in [0.05, 0.1) is 5.71 Å². The van der Waals surface area contributed by atoms with E-state index in [1.54, 1.807) is 12.4 Å². The molecule has 1 aromatic heterocycles. The molecule has 2 aromatic rings. The summed E-state index contributed by atoms with van der Waals surface area (Å²) in [5.41, 5.74) is 2.68. The van der Waals surface area contributed by atoms with E-state index in [-0.39, 0.29) is 5.91 Å². The Bertz CT molecular complexity index is 704. The van der Waals surface area contributed by atoms with Gasteiger partial charge in [0.1, 0.15) is 0 Å². The summed E-state index contributed by atoms with van der Waals surface area (Å²) in [6, 6.07) is 11.5. The first-order valence-electron chi connectivity index (χ1n) is 6.87. The summed E-state index contributed by atoms with van der Waals surface area (Å²) in [6.45, 7) is 0.429. The van der Waals surface area contributed by atoms with Gasteiger partial charge in [-0.05, 0) is 23.8 Å². The van der Waals surface area contributed by atoms with Crippen molar-refractivity contribution in [1.29, 1.82) is 0 Å². The first-order valence-corrected chi connectivity index (χ1v) is 7.67. The minimum absolute atomic E-state index is 0.169. The average Bonchev–Trinajstić information content (AvgIpc) is 3.04. The number of carbonyl (C=O) groups is 1. The highest BCUT2D eigenvalue weighted by Crippen LogP contribution is 2.19. The molecule has 112 valence electrons. The van der Waals surface area contributed by atoms with E-state index in [1.807, 2.05) is 36.4 Å². The van der Waals surface area contributed by atoms with Crippen LogP contribution in [0.4, 0.5) is 0 Å². The van der Waals surface area contributed by atoms with Crippen LogP contribution < -0.4 is 5.32 Å². The van der Waals surface area contributed by atoms with Crippen molar-refractivity contribution in [2.75, 3.05) is 0 Å². The van der Waals surface area contributed by atoms with E-state index >= 15 is 0 Å². The predicted molar refractivity (Wildman–Crippen MR) is 86.3 cm³/mol. The van der Waals surface area contributed by atoms with Crippen LogP contribution in [0.5, 0.6) is 0 Å². The van der Waals surface area contributed by atoms with Crippen LogP contribution >= 0.6 is 15.9 Å². The smallest absolute Gasteiger partial charge is 0.264 e. The van der Waals surface area contributed by atoms with E-state index in [9.17, 15) is 4.79 Å². The Morgan fingerprint density at radius 3 is 3.05 bits per heavy atom. The lowest BCUT2D eigenvalue weighted by atomic mass is 10.0. The van der Waals surface area contributed by atoms with E-state index < -0.39 is 6.10 Å². The van der Waals surface area contributed by atoms with Crippen molar-refractivity contribution in [3.63, 3.8) is 0 Å². The van der Waals surface area contributed by atoms with Gasteiger partial charge in [0, 0.05) is 35.4 Å². The second-order valence-electron chi connectivity index (χ2n) is 4.93. The van der Waals surface area contributed by atoms with E-state index in [0.717, 1.165) is 21.3 Å². The summed E-state index contributed by atoms with van der Waals surface area (Å²) in [5, 5.41) is 6.86. The van der Waals surface area contributed by atoms with E-state index in [1.165, 1.54) is 0 Å². The lowest BCUT2D eigenvalue weighted by Gasteiger charge is -2.09.